The Kier molecular flexibility index (Phi) is 6.64. The summed E-state index contributed by atoms with van der Waals surface area (Å²) in [6, 6.07) is 1.71. The Labute approximate surface area is 119 Å². The molecule has 0 saturated heterocycles. The highest BCUT2D eigenvalue weighted by Gasteiger charge is 2.15. The fourth-order valence-corrected chi connectivity index (χ4v) is 2.17. The second kappa shape index (κ2) is 8.00. The molecule has 4 nitrogen and oxygen atoms in total. The Morgan fingerprint density at radius 1 is 1.42 bits per heavy atom. The van der Waals surface area contributed by atoms with E-state index in [0.29, 0.717) is 16.4 Å². The van der Waals surface area contributed by atoms with Crippen LogP contribution in [0.5, 0.6) is 0 Å². The van der Waals surface area contributed by atoms with Crippen molar-refractivity contribution in [2.24, 2.45) is 0 Å². The number of amides is 1. The van der Waals surface area contributed by atoms with Crippen LogP contribution in [0, 0.1) is 0 Å². The number of halogens is 1. The Morgan fingerprint density at radius 2 is 2.16 bits per heavy atom. The van der Waals surface area contributed by atoms with E-state index in [4.69, 9.17) is 17.3 Å². The average Bonchev–Trinajstić information content (AvgIpc) is 2.39. The van der Waals surface area contributed by atoms with Crippen LogP contribution >= 0.6 is 11.6 Å². The van der Waals surface area contributed by atoms with Gasteiger partial charge in [-0.05, 0) is 18.9 Å². The number of nitrogens with zero attached hydrogens (tertiary/aromatic N) is 1. The van der Waals surface area contributed by atoms with Gasteiger partial charge in [-0.1, -0.05) is 44.7 Å². The molecule has 0 aliphatic rings. The number of carbonyl (C=O) groups is 1. The standard InChI is InChI=1S/C14H22ClN3O/c1-3-5-7-10(6-4-2)18-14(19)11-8-13(16)17-9-12(11)15/h8-10H,3-7H2,1-2H3,(H2,16,17)(H,18,19). The predicted octanol–water partition coefficient (Wildman–Crippen LogP) is 3.41. The lowest BCUT2D eigenvalue weighted by Gasteiger charge is -2.18. The molecule has 0 aliphatic heterocycles. The fourth-order valence-electron chi connectivity index (χ4n) is 1.98. The lowest BCUT2D eigenvalue weighted by Crippen LogP contribution is -2.35. The highest BCUT2D eigenvalue weighted by molar-refractivity contribution is 6.33. The van der Waals surface area contributed by atoms with E-state index in [1.165, 1.54) is 12.3 Å². The Hall–Kier alpha value is -1.29. The van der Waals surface area contributed by atoms with Gasteiger partial charge in [0.1, 0.15) is 5.82 Å². The second-order valence-electron chi connectivity index (χ2n) is 4.69. The number of carbonyl (C=O) groups excluding carboxylic acids is 1. The SMILES string of the molecule is CCCCC(CCC)NC(=O)c1cc(N)ncc1Cl. The highest BCUT2D eigenvalue weighted by Crippen LogP contribution is 2.17. The molecular weight excluding hydrogens is 262 g/mol. The maximum atomic E-state index is 12.2. The van der Waals surface area contributed by atoms with E-state index in [9.17, 15) is 4.79 Å². The summed E-state index contributed by atoms with van der Waals surface area (Å²) < 4.78 is 0. The van der Waals surface area contributed by atoms with Gasteiger partial charge in [0.2, 0.25) is 0 Å². The first kappa shape index (κ1) is 15.8. The number of pyridine rings is 1. The topological polar surface area (TPSA) is 68.0 Å². The molecule has 1 amide bonds. The van der Waals surface area contributed by atoms with Gasteiger partial charge in [0.15, 0.2) is 0 Å². The van der Waals surface area contributed by atoms with Crippen LogP contribution in [0.15, 0.2) is 12.3 Å². The Bertz CT molecular complexity index is 423. The maximum absolute atomic E-state index is 12.2. The van der Waals surface area contributed by atoms with Gasteiger partial charge < -0.3 is 11.1 Å². The largest absolute Gasteiger partial charge is 0.384 e. The quantitative estimate of drug-likeness (QED) is 0.806. The number of hydrogen-bond acceptors (Lipinski definition) is 3. The number of nitrogen functional groups attached to an aromatic ring is 1. The third-order valence-corrected chi connectivity index (χ3v) is 3.30. The van der Waals surface area contributed by atoms with Crippen molar-refractivity contribution in [3.63, 3.8) is 0 Å². The summed E-state index contributed by atoms with van der Waals surface area (Å²) in [7, 11) is 0. The molecule has 1 atom stereocenters. The van der Waals surface area contributed by atoms with Crippen LogP contribution in [0.4, 0.5) is 5.82 Å². The van der Waals surface area contributed by atoms with Crippen LogP contribution in [0.2, 0.25) is 5.02 Å². The number of nitrogens with one attached hydrogen (secondary N) is 1. The normalized spacial score (nSPS) is 12.2. The molecule has 1 rings (SSSR count). The van der Waals surface area contributed by atoms with Crippen molar-refractivity contribution in [2.45, 2.75) is 52.0 Å². The van der Waals surface area contributed by atoms with Gasteiger partial charge in [0.05, 0.1) is 10.6 Å². The summed E-state index contributed by atoms with van der Waals surface area (Å²) in [5, 5.41) is 3.36. The molecule has 3 N–H and O–H groups in total. The summed E-state index contributed by atoms with van der Waals surface area (Å²) in [4.78, 5) is 16.0. The molecule has 0 fully saturated rings. The van der Waals surface area contributed by atoms with Crippen molar-refractivity contribution in [3.8, 4) is 0 Å². The van der Waals surface area contributed by atoms with Gasteiger partial charge in [-0.2, -0.15) is 0 Å². The molecule has 0 saturated carbocycles. The summed E-state index contributed by atoms with van der Waals surface area (Å²) in [5.74, 6) is 0.129. The van der Waals surface area contributed by atoms with Crippen LogP contribution in [0.1, 0.15) is 56.3 Å². The predicted molar refractivity (Wildman–Crippen MR) is 79.3 cm³/mol. The zero-order valence-electron chi connectivity index (χ0n) is 11.6. The van der Waals surface area contributed by atoms with Gasteiger partial charge in [-0.15, -0.1) is 0 Å². The number of hydrogen-bond donors (Lipinski definition) is 2. The van der Waals surface area contributed by atoms with Crippen LogP contribution in [-0.4, -0.2) is 16.9 Å². The molecule has 5 heteroatoms. The summed E-state index contributed by atoms with van der Waals surface area (Å²) in [5.41, 5.74) is 5.98. The molecule has 0 spiro atoms. The van der Waals surface area contributed by atoms with Crippen LogP contribution in [0.25, 0.3) is 0 Å². The van der Waals surface area contributed by atoms with E-state index in [0.717, 1.165) is 32.1 Å². The van der Waals surface area contributed by atoms with Crippen molar-refractivity contribution in [1.29, 1.82) is 0 Å². The van der Waals surface area contributed by atoms with Crippen LogP contribution in [-0.2, 0) is 0 Å². The van der Waals surface area contributed by atoms with E-state index in [1.54, 1.807) is 0 Å². The summed E-state index contributed by atoms with van der Waals surface area (Å²) in [6.07, 6.45) is 6.65. The van der Waals surface area contributed by atoms with Gasteiger partial charge in [0.25, 0.3) is 5.91 Å². The van der Waals surface area contributed by atoms with Gasteiger partial charge in [-0.3, -0.25) is 4.79 Å². The van der Waals surface area contributed by atoms with E-state index < -0.39 is 0 Å². The molecule has 106 valence electrons. The van der Waals surface area contributed by atoms with Gasteiger partial charge in [-0.25, -0.2) is 4.98 Å². The van der Waals surface area contributed by atoms with E-state index in [2.05, 4.69) is 24.1 Å². The summed E-state index contributed by atoms with van der Waals surface area (Å²) >= 11 is 5.98. The van der Waals surface area contributed by atoms with Gasteiger partial charge in [0, 0.05) is 12.2 Å². The number of unbranched alkanes of at least 4 members (excludes halogenated alkanes) is 1. The van der Waals surface area contributed by atoms with E-state index in [1.807, 2.05) is 0 Å². The Balaban J connectivity index is 2.72. The zero-order valence-corrected chi connectivity index (χ0v) is 12.3. The minimum atomic E-state index is -0.173. The molecule has 0 radical (unpaired) electrons. The third kappa shape index (κ3) is 5.07. The molecule has 0 aromatic carbocycles. The lowest BCUT2D eigenvalue weighted by molar-refractivity contribution is 0.0932. The van der Waals surface area contributed by atoms with E-state index in [-0.39, 0.29) is 11.9 Å². The number of anilines is 1. The molecule has 19 heavy (non-hydrogen) atoms. The number of rotatable bonds is 7. The molecule has 1 aromatic rings. The summed E-state index contributed by atoms with van der Waals surface area (Å²) in [6.45, 7) is 4.26. The van der Waals surface area contributed by atoms with Crippen LogP contribution < -0.4 is 11.1 Å². The minimum absolute atomic E-state index is 0.173. The first-order valence-corrected chi connectivity index (χ1v) is 7.18. The molecule has 1 unspecified atom stereocenters. The van der Waals surface area contributed by atoms with Crippen molar-refractivity contribution < 1.29 is 4.79 Å². The van der Waals surface area contributed by atoms with Crippen molar-refractivity contribution in [1.82, 2.24) is 10.3 Å². The average molecular weight is 284 g/mol. The minimum Gasteiger partial charge on any atom is -0.384 e. The fraction of sp³-hybridized carbons (Fsp3) is 0.571. The molecule has 1 heterocycles. The maximum Gasteiger partial charge on any atom is 0.253 e. The highest BCUT2D eigenvalue weighted by atomic mass is 35.5. The molecule has 1 aromatic heterocycles. The monoisotopic (exact) mass is 283 g/mol. The number of nitrogens with two attached hydrogens (primary N) is 1. The van der Waals surface area contributed by atoms with Crippen LogP contribution in [0.3, 0.4) is 0 Å². The smallest absolute Gasteiger partial charge is 0.253 e. The van der Waals surface area contributed by atoms with Crippen molar-refractivity contribution in [3.05, 3.63) is 22.8 Å². The molecule has 0 bridgehead atoms. The zero-order chi connectivity index (χ0) is 14.3. The Morgan fingerprint density at radius 3 is 2.79 bits per heavy atom. The first-order valence-electron chi connectivity index (χ1n) is 6.80. The van der Waals surface area contributed by atoms with Crippen molar-refractivity contribution in [2.75, 3.05) is 5.73 Å². The molecule has 0 aliphatic carbocycles. The van der Waals surface area contributed by atoms with Gasteiger partial charge >= 0.3 is 0 Å². The lowest BCUT2D eigenvalue weighted by atomic mass is 10.0. The van der Waals surface area contributed by atoms with E-state index >= 15 is 0 Å². The number of aromatic nitrogens is 1. The third-order valence-electron chi connectivity index (χ3n) is 3.00. The first-order chi connectivity index (χ1) is 9.08. The van der Waals surface area contributed by atoms with Crippen molar-refractivity contribution >= 4 is 23.3 Å². The second-order valence-corrected chi connectivity index (χ2v) is 5.10. The molecular formula is C14H22ClN3O.